The number of ether oxygens (including phenoxy) is 1. The Labute approximate surface area is 188 Å². The Hall–Kier alpha value is -2.51. The van der Waals surface area contributed by atoms with Crippen molar-refractivity contribution in [1.82, 2.24) is 13.7 Å². The van der Waals surface area contributed by atoms with E-state index >= 15 is 0 Å². The van der Waals surface area contributed by atoms with E-state index in [0.717, 1.165) is 0 Å². The number of rotatable bonds is 7. The van der Waals surface area contributed by atoms with E-state index < -0.39 is 20.0 Å². The van der Waals surface area contributed by atoms with Gasteiger partial charge in [0.1, 0.15) is 5.75 Å². The summed E-state index contributed by atoms with van der Waals surface area (Å²) in [6.45, 7) is 0.626. The number of methoxy groups -OCH3 is 1. The van der Waals surface area contributed by atoms with Crippen LogP contribution in [0.15, 0.2) is 58.3 Å². The summed E-state index contributed by atoms with van der Waals surface area (Å²) in [5, 5.41) is 0. The van der Waals surface area contributed by atoms with Crippen LogP contribution in [0.3, 0.4) is 0 Å². The molecule has 0 spiro atoms. The summed E-state index contributed by atoms with van der Waals surface area (Å²) in [6, 6.07) is 11.8. The molecular formula is C20H25N3O7S2. The molecule has 0 aliphatic carbocycles. The van der Waals surface area contributed by atoms with Crippen molar-refractivity contribution in [2.45, 2.75) is 9.79 Å². The van der Waals surface area contributed by atoms with Crippen LogP contribution in [-0.2, 0) is 24.9 Å². The first-order chi connectivity index (χ1) is 15.1. The molecule has 10 nitrogen and oxygen atoms in total. The van der Waals surface area contributed by atoms with Gasteiger partial charge in [-0.1, -0.05) is 10.5 Å². The van der Waals surface area contributed by atoms with Gasteiger partial charge in [0.15, 0.2) is 0 Å². The first-order valence-electron chi connectivity index (χ1n) is 9.68. The van der Waals surface area contributed by atoms with Crippen LogP contribution in [0.5, 0.6) is 5.75 Å². The number of amides is 1. The van der Waals surface area contributed by atoms with E-state index in [1.807, 2.05) is 0 Å². The molecule has 0 N–H and O–H groups in total. The average molecular weight is 484 g/mol. The third-order valence-corrected chi connectivity index (χ3v) is 8.79. The molecule has 0 radical (unpaired) electrons. The Bertz CT molecular complexity index is 1170. The Kier molecular flexibility index (Phi) is 7.20. The molecule has 3 rings (SSSR count). The quantitative estimate of drug-likeness (QED) is 0.540. The minimum Gasteiger partial charge on any atom is -0.497 e. The highest BCUT2D eigenvalue weighted by atomic mass is 32.2. The predicted octanol–water partition coefficient (Wildman–Crippen LogP) is 1.02. The van der Waals surface area contributed by atoms with Gasteiger partial charge in [0.2, 0.25) is 10.0 Å². The molecule has 0 unspecified atom stereocenters. The second kappa shape index (κ2) is 9.55. The summed E-state index contributed by atoms with van der Waals surface area (Å²) >= 11 is 0. The monoisotopic (exact) mass is 483 g/mol. The molecule has 2 aromatic carbocycles. The van der Waals surface area contributed by atoms with Crippen molar-refractivity contribution >= 4 is 26.0 Å². The highest BCUT2D eigenvalue weighted by Gasteiger charge is 2.31. The summed E-state index contributed by atoms with van der Waals surface area (Å²) in [5.74, 6) is 0.184. The number of nitrogens with zero attached hydrogens (tertiary/aromatic N) is 3. The van der Waals surface area contributed by atoms with Crippen LogP contribution >= 0.6 is 0 Å². The third-order valence-electron chi connectivity index (χ3n) is 5.20. The molecule has 1 aliphatic heterocycles. The zero-order chi connectivity index (χ0) is 23.5. The SMILES string of the molecule is COc1ccc(S(=O)(=O)N2CCN(C(=O)c3cccc(S(=O)(=O)N(C)OC)c3)CC2)cc1. The van der Waals surface area contributed by atoms with Crippen LogP contribution in [0.1, 0.15) is 10.4 Å². The fourth-order valence-corrected chi connectivity index (χ4v) is 5.69. The molecule has 12 heteroatoms. The van der Waals surface area contributed by atoms with Crippen LogP contribution in [0.4, 0.5) is 0 Å². The third kappa shape index (κ3) is 4.79. The van der Waals surface area contributed by atoms with Crippen LogP contribution < -0.4 is 4.74 Å². The van der Waals surface area contributed by atoms with Gasteiger partial charge in [-0.3, -0.25) is 9.63 Å². The molecule has 174 valence electrons. The number of hydrogen-bond acceptors (Lipinski definition) is 7. The molecule has 1 amide bonds. The van der Waals surface area contributed by atoms with E-state index in [1.165, 1.54) is 66.9 Å². The highest BCUT2D eigenvalue weighted by Crippen LogP contribution is 2.22. The average Bonchev–Trinajstić information content (AvgIpc) is 2.83. The summed E-state index contributed by atoms with van der Waals surface area (Å²) in [6.07, 6.45) is 0. The Morgan fingerprint density at radius 3 is 2.09 bits per heavy atom. The van der Waals surface area contributed by atoms with Crippen LogP contribution in [-0.4, -0.2) is 83.9 Å². The van der Waals surface area contributed by atoms with Gasteiger partial charge < -0.3 is 9.64 Å². The van der Waals surface area contributed by atoms with Crippen molar-refractivity contribution in [2.24, 2.45) is 0 Å². The van der Waals surface area contributed by atoms with Crippen LogP contribution in [0, 0.1) is 0 Å². The maximum absolute atomic E-state index is 12.9. The van der Waals surface area contributed by atoms with Gasteiger partial charge in [-0.15, -0.1) is 0 Å². The fraction of sp³-hybridized carbons (Fsp3) is 0.350. The molecule has 1 saturated heterocycles. The van der Waals surface area contributed by atoms with Gasteiger partial charge in [-0.25, -0.2) is 16.8 Å². The Morgan fingerprint density at radius 1 is 0.906 bits per heavy atom. The lowest BCUT2D eigenvalue weighted by atomic mass is 10.2. The minimum absolute atomic E-state index is 0.0755. The number of carbonyl (C=O) groups is 1. The van der Waals surface area contributed by atoms with Gasteiger partial charge >= 0.3 is 0 Å². The van der Waals surface area contributed by atoms with Crippen molar-refractivity contribution in [1.29, 1.82) is 0 Å². The van der Waals surface area contributed by atoms with Crippen LogP contribution in [0.2, 0.25) is 0 Å². The first kappa shape index (κ1) is 24.1. The molecule has 0 saturated carbocycles. The number of piperazine rings is 1. The Balaban J connectivity index is 1.71. The molecule has 2 aromatic rings. The van der Waals surface area contributed by atoms with Gasteiger partial charge in [-0.05, 0) is 42.5 Å². The fourth-order valence-electron chi connectivity index (χ4n) is 3.25. The molecule has 0 bridgehead atoms. The van der Waals surface area contributed by atoms with Crippen molar-refractivity contribution in [2.75, 3.05) is 47.4 Å². The highest BCUT2D eigenvalue weighted by molar-refractivity contribution is 7.89. The van der Waals surface area contributed by atoms with Crippen molar-refractivity contribution in [3.63, 3.8) is 0 Å². The number of benzene rings is 2. The second-order valence-electron chi connectivity index (χ2n) is 7.00. The molecular weight excluding hydrogens is 458 g/mol. The molecule has 32 heavy (non-hydrogen) atoms. The van der Waals surface area contributed by atoms with Crippen molar-refractivity contribution in [3.05, 3.63) is 54.1 Å². The lowest BCUT2D eigenvalue weighted by molar-refractivity contribution is -0.0258. The van der Waals surface area contributed by atoms with E-state index in [4.69, 9.17) is 9.57 Å². The molecule has 1 aliphatic rings. The summed E-state index contributed by atoms with van der Waals surface area (Å²) in [7, 11) is -3.61. The number of carbonyl (C=O) groups excluding carboxylic acids is 1. The molecule has 0 atom stereocenters. The van der Waals surface area contributed by atoms with E-state index in [1.54, 1.807) is 12.1 Å². The zero-order valence-electron chi connectivity index (χ0n) is 18.0. The molecule has 0 aromatic heterocycles. The lowest BCUT2D eigenvalue weighted by Crippen LogP contribution is -2.50. The summed E-state index contributed by atoms with van der Waals surface area (Å²) in [5.41, 5.74) is 0.196. The van der Waals surface area contributed by atoms with Crippen molar-refractivity contribution in [3.8, 4) is 5.75 Å². The topological polar surface area (TPSA) is 114 Å². The Morgan fingerprint density at radius 2 is 1.53 bits per heavy atom. The van der Waals surface area contributed by atoms with E-state index in [-0.39, 0.29) is 47.4 Å². The lowest BCUT2D eigenvalue weighted by Gasteiger charge is -2.34. The van der Waals surface area contributed by atoms with Crippen molar-refractivity contribution < 1.29 is 31.2 Å². The van der Waals surface area contributed by atoms with E-state index in [0.29, 0.717) is 10.2 Å². The molecule has 1 fully saturated rings. The number of hydroxylamine groups is 1. The largest absolute Gasteiger partial charge is 0.497 e. The smallest absolute Gasteiger partial charge is 0.264 e. The van der Waals surface area contributed by atoms with Gasteiger partial charge in [-0.2, -0.15) is 4.31 Å². The van der Waals surface area contributed by atoms with Gasteiger partial charge in [0.05, 0.1) is 24.0 Å². The summed E-state index contributed by atoms with van der Waals surface area (Å²) < 4.78 is 57.7. The van der Waals surface area contributed by atoms with Gasteiger partial charge in [0.25, 0.3) is 15.9 Å². The maximum Gasteiger partial charge on any atom is 0.264 e. The first-order valence-corrected chi connectivity index (χ1v) is 12.6. The molecule has 1 heterocycles. The summed E-state index contributed by atoms with van der Waals surface area (Å²) in [4.78, 5) is 19.3. The second-order valence-corrected chi connectivity index (χ2v) is 10.9. The van der Waals surface area contributed by atoms with Crippen LogP contribution in [0.25, 0.3) is 0 Å². The number of hydrogen-bond donors (Lipinski definition) is 0. The zero-order valence-corrected chi connectivity index (χ0v) is 19.6. The van der Waals surface area contributed by atoms with E-state index in [2.05, 4.69) is 0 Å². The van der Waals surface area contributed by atoms with Gasteiger partial charge in [0, 0.05) is 38.8 Å². The van der Waals surface area contributed by atoms with E-state index in [9.17, 15) is 21.6 Å². The minimum atomic E-state index is -3.90. The number of sulfonamides is 2. The predicted molar refractivity (Wildman–Crippen MR) is 116 cm³/mol. The maximum atomic E-state index is 12.9. The standard InChI is InChI=1S/C20H25N3O7S2/c1-21(30-3)31(25,26)19-6-4-5-16(15-19)20(24)22-11-13-23(14-12-22)32(27,28)18-9-7-17(29-2)8-10-18/h4-10,15H,11-14H2,1-3H3. The normalized spacial score (nSPS) is 15.7.